The summed E-state index contributed by atoms with van der Waals surface area (Å²) >= 11 is 6.14. The molecule has 1 aliphatic rings. The first kappa shape index (κ1) is 20.0. The number of amides is 2. The number of phenolic OH excluding ortho intramolecular Hbond substituents is 1. The van der Waals surface area contributed by atoms with Crippen LogP contribution in [0.5, 0.6) is 11.5 Å². The van der Waals surface area contributed by atoms with Crippen LogP contribution in [0.2, 0.25) is 5.02 Å². The third kappa shape index (κ3) is 4.75. The highest BCUT2D eigenvalue weighted by Crippen LogP contribution is 2.20. The lowest BCUT2D eigenvalue weighted by atomic mass is 10.2. The molecule has 2 amide bonds. The van der Waals surface area contributed by atoms with Gasteiger partial charge in [0, 0.05) is 26.2 Å². The van der Waals surface area contributed by atoms with Crippen molar-refractivity contribution in [2.75, 3.05) is 26.2 Å². The van der Waals surface area contributed by atoms with Gasteiger partial charge in [0.25, 0.3) is 11.8 Å². The lowest BCUT2D eigenvalue weighted by Crippen LogP contribution is -2.43. The summed E-state index contributed by atoms with van der Waals surface area (Å²) in [5.74, 6) is 0.416. The fourth-order valence-corrected chi connectivity index (χ4v) is 3.40. The summed E-state index contributed by atoms with van der Waals surface area (Å²) in [6, 6.07) is 13.2. The fourth-order valence-electron chi connectivity index (χ4n) is 3.18. The topological polar surface area (TPSA) is 70.1 Å². The minimum absolute atomic E-state index is 0.117. The van der Waals surface area contributed by atoms with Gasteiger partial charge in [0.15, 0.2) is 6.10 Å². The molecule has 3 rings (SSSR count). The first-order chi connectivity index (χ1) is 13.5. The van der Waals surface area contributed by atoms with E-state index in [0.717, 1.165) is 0 Å². The van der Waals surface area contributed by atoms with E-state index in [0.29, 0.717) is 48.9 Å². The van der Waals surface area contributed by atoms with E-state index in [1.54, 1.807) is 53.1 Å². The van der Waals surface area contributed by atoms with Gasteiger partial charge < -0.3 is 19.6 Å². The van der Waals surface area contributed by atoms with Gasteiger partial charge in [-0.05, 0) is 49.7 Å². The summed E-state index contributed by atoms with van der Waals surface area (Å²) < 4.78 is 5.68. The number of carbonyl (C=O) groups excluding carboxylic acids is 2. The Morgan fingerprint density at radius 3 is 2.36 bits per heavy atom. The molecule has 2 aromatic carbocycles. The zero-order chi connectivity index (χ0) is 20.1. The van der Waals surface area contributed by atoms with Crippen LogP contribution in [0.1, 0.15) is 23.7 Å². The molecule has 1 unspecified atom stereocenters. The molecule has 1 fully saturated rings. The first-order valence-corrected chi connectivity index (χ1v) is 9.62. The molecule has 1 heterocycles. The van der Waals surface area contributed by atoms with E-state index in [1.807, 2.05) is 0 Å². The molecule has 6 nitrogen and oxygen atoms in total. The SMILES string of the molecule is CC(Oc1ccc(O)cc1)C(=O)N1CCCN(C(=O)c2ccccc2Cl)CC1. The van der Waals surface area contributed by atoms with Gasteiger partial charge in [0.1, 0.15) is 11.5 Å². The molecule has 0 saturated carbocycles. The predicted molar refractivity (Wildman–Crippen MR) is 107 cm³/mol. The number of hydrogen-bond acceptors (Lipinski definition) is 4. The maximum Gasteiger partial charge on any atom is 0.263 e. The van der Waals surface area contributed by atoms with E-state index in [1.165, 1.54) is 12.1 Å². The third-order valence-electron chi connectivity index (χ3n) is 4.70. The van der Waals surface area contributed by atoms with E-state index < -0.39 is 6.10 Å². The standard InChI is InChI=1S/C21H23ClN2O4/c1-15(28-17-9-7-16(25)8-10-17)20(26)23-11-4-12-24(14-13-23)21(27)18-5-2-3-6-19(18)22/h2-3,5-10,15,25H,4,11-14H2,1H3. The molecule has 7 heteroatoms. The van der Waals surface area contributed by atoms with E-state index in [2.05, 4.69) is 0 Å². The van der Waals surface area contributed by atoms with Gasteiger partial charge in [-0.15, -0.1) is 0 Å². The summed E-state index contributed by atoms with van der Waals surface area (Å²) in [5, 5.41) is 9.76. The minimum atomic E-state index is -0.657. The molecule has 0 bridgehead atoms. The van der Waals surface area contributed by atoms with Crippen molar-refractivity contribution >= 4 is 23.4 Å². The monoisotopic (exact) mass is 402 g/mol. The Morgan fingerprint density at radius 2 is 1.64 bits per heavy atom. The van der Waals surface area contributed by atoms with Gasteiger partial charge >= 0.3 is 0 Å². The van der Waals surface area contributed by atoms with Crippen molar-refractivity contribution in [1.82, 2.24) is 9.80 Å². The maximum absolute atomic E-state index is 12.7. The van der Waals surface area contributed by atoms with Crippen LogP contribution >= 0.6 is 11.6 Å². The second-order valence-electron chi connectivity index (χ2n) is 6.70. The normalized spacial score (nSPS) is 15.6. The Hall–Kier alpha value is -2.73. The number of phenols is 1. The highest BCUT2D eigenvalue weighted by Gasteiger charge is 2.27. The van der Waals surface area contributed by atoms with Gasteiger partial charge in [-0.2, -0.15) is 0 Å². The molecule has 2 aromatic rings. The second-order valence-corrected chi connectivity index (χ2v) is 7.11. The molecule has 148 valence electrons. The molecule has 0 aromatic heterocycles. The number of carbonyl (C=O) groups is 2. The lowest BCUT2D eigenvalue weighted by molar-refractivity contribution is -0.137. The summed E-state index contributed by atoms with van der Waals surface area (Å²) in [7, 11) is 0. The highest BCUT2D eigenvalue weighted by molar-refractivity contribution is 6.33. The first-order valence-electron chi connectivity index (χ1n) is 9.24. The van der Waals surface area contributed by atoms with Crippen LogP contribution in [0.3, 0.4) is 0 Å². The Morgan fingerprint density at radius 1 is 1.00 bits per heavy atom. The van der Waals surface area contributed by atoms with E-state index in [-0.39, 0.29) is 17.6 Å². The Bertz CT molecular complexity index is 841. The molecule has 28 heavy (non-hydrogen) atoms. The van der Waals surface area contributed by atoms with Crippen molar-refractivity contribution in [2.45, 2.75) is 19.4 Å². The molecular formula is C21H23ClN2O4. The third-order valence-corrected chi connectivity index (χ3v) is 5.03. The fraction of sp³-hybridized carbons (Fsp3) is 0.333. The van der Waals surface area contributed by atoms with Gasteiger partial charge in [-0.1, -0.05) is 23.7 Å². The van der Waals surface area contributed by atoms with Crippen molar-refractivity contribution in [1.29, 1.82) is 0 Å². The number of rotatable bonds is 4. The van der Waals surface area contributed by atoms with Crippen LogP contribution < -0.4 is 4.74 Å². The maximum atomic E-state index is 12.7. The number of benzene rings is 2. The van der Waals surface area contributed by atoms with Crippen molar-refractivity contribution in [3.8, 4) is 11.5 Å². The summed E-state index contributed by atoms with van der Waals surface area (Å²) in [5.41, 5.74) is 0.480. The molecule has 1 N–H and O–H groups in total. The average Bonchev–Trinajstić information content (AvgIpc) is 2.95. The Labute approximate surface area is 169 Å². The van der Waals surface area contributed by atoms with Gasteiger partial charge in [0.05, 0.1) is 10.6 Å². The molecular weight excluding hydrogens is 380 g/mol. The van der Waals surface area contributed by atoms with Crippen LogP contribution in [0.25, 0.3) is 0 Å². The minimum Gasteiger partial charge on any atom is -0.508 e. The lowest BCUT2D eigenvalue weighted by Gasteiger charge is -2.25. The summed E-state index contributed by atoms with van der Waals surface area (Å²) in [6.07, 6.45) is 0.0313. The van der Waals surface area contributed by atoms with Gasteiger partial charge in [-0.25, -0.2) is 0 Å². The quantitative estimate of drug-likeness (QED) is 0.852. The summed E-state index contributed by atoms with van der Waals surface area (Å²) in [6.45, 7) is 3.72. The van der Waals surface area contributed by atoms with Crippen LogP contribution in [0.15, 0.2) is 48.5 Å². The number of hydrogen-bond donors (Lipinski definition) is 1. The molecule has 0 aliphatic carbocycles. The number of nitrogens with zero attached hydrogens (tertiary/aromatic N) is 2. The van der Waals surface area contributed by atoms with Crippen LogP contribution in [-0.2, 0) is 4.79 Å². The van der Waals surface area contributed by atoms with Gasteiger partial charge in [-0.3, -0.25) is 9.59 Å². The highest BCUT2D eigenvalue weighted by atomic mass is 35.5. The molecule has 1 aliphatic heterocycles. The largest absolute Gasteiger partial charge is 0.508 e. The second kappa shape index (κ2) is 8.97. The predicted octanol–water partition coefficient (Wildman–Crippen LogP) is 3.19. The zero-order valence-electron chi connectivity index (χ0n) is 15.7. The Balaban J connectivity index is 1.59. The molecule has 1 saturated heterocycles. The van der Waals surface area contributed by atoms with Crippen LogP contribution in [0.4, 0.5) is 0 Å². The van der Waals surface area contributed by atoms with Gasteiger partial charge in [0.2, 0.25) is 0 Å². The van der Waals surface area contributed by atoms with Crippen molar-refractivity contribution in [2.24, 2.45) is 0 Å². The van der Waals surface area contributed by atoms with Crippen molar-refractivity contribution < 1.29 is 19.4 Å². The number of halogens is 1. The molecule has 0 radical (unpaired) electrons. The van der Waals surface area contributed by atoms with E-state index in [4.69, 9.17) is 16.3 Å². The smallest absolute Gasteiger partial charge is 0.263 e. The number of ether oxygens (including phenoxy) is 1. The van der Waals surface area contributed by atoms with E-state index >= 15 is 0 Å². The van der Waals surface area contributed by atoms with Crippen molar-refractivity contribution in [3.63, 3.8) is 0 Å². The molecule has 0 spiro atoms. The van der Waals surface area contributed by atoms with Crippen LogP contribution in [0, 0.1) is 0 Å². The zero-order valence-corrected chi connectivity index (χ0v) is 16.4. The number of aromatic hydroxyl groups is 1. The average molecular weight is 403 g/mol. The summed E-state index contributed by atoms with van der Waals surface area (Å²) in [4.78, 5) is 29.0. The van der Waals surface area contributed by atoms with E-state index in [9.17, 15) is 14.7 Å². The van der Waals surface area contributed by atoms with Crippen molar-refractivity contribution in [3.05, 3.63) is 59.1 Å². The molecule has 1 atom stereocenters. The van der Waals surface area contributed by atoms with Crippen LogP contribution in [-0.4, -0.2) is 59.0 Å². The Kier molecular flexibility index (Phi) is 6.41.